The van der Waals surface area contributed by atoms with E-state index in [1.807, 2.05) is 0 Å². The Morgan fingerprint density at radius 2 is 2.20 bits per heavy atom. The van der Waals surface area contributed by atoms with Crippen molar-refractivity contribution in [2.24, 2.45) is 5.41 Å². The Kier molecular flexibility index (Phi) is 5.03. The number of hydrogen-bond donors (Lipinski definition) is 1. The summed E-state index contributed by atoms with van der Waals surface area (Å²) in [4.78, 5) is 2.41. The van der Waals surface area contributed by atoms with Crippen LogP contribution in [-0.4, -0.2) is 49.0 Å². The number of hydrogen-bond acceptors (Lipinski definition) is 3. The fraction of sp³-hybridized carbons (Fsp3) is 1.00. The first-order chi connectivity index (χ1) is 7.13. The molecule has 1 unspecified atom stereocenters. The Morgan fingerprint density at radius 3 is 2.60 bits per heavy atom. The molecule has 0 spiro atoms. The quantitative estimate of drug-likeness (QED) is 0.754. The standard InChI is InChI=1S/C12H25NO2/c1-4-13(11(2)3)8-12(9-14)6-5-7-15-10-12/h11,14H,4-10H2,1-3H3. The predicted octanol–water partition coefficient (Wildman–Crippen LogP) is 1.51. The molecule has 90 valence electrons. The summed E-state index contributed by atoms with van der Waals surface area (Å²) < 4.78 is 5.51. The molecule has 1 fully saturated rings. The molecule has 1 atom stereocenters. The number of rotatable bonds is 5. The molecule has 0 amide bonds. The lowest BCUT2D eigenvalue weighted by Gasteiger charge is -2.40. The summed E-state index contributed by atoms with van der Waals surface area (Å²) in [5.41, 5.74) is -0.0153. The largest absolute Gasteiger partial charge is 0.396 e. The van der Waals surface area contributed by atoms with Crippen molar-refractivity contribution in [1.29, 1.82) is 0 Å². The smallest absolute Gasteiger partial charge is 0.0556 e. The van der Waals surface area contributed by atoms with Crippen molar-refractivity contribution in [3.8, 4) is 0 Å². The second-order valence-corrected chi connectivity index (χ2v) is 4.97. The monoisotopic (exact) mass is 215 g/mol. The van der Waals surface area contributed by atoms with Crippen LogP contribution in [0.4, 0.5) is 0 Å². The molecule has 0 aromatic rings. The summed E-state index contributed by atoms with van der Waals surface area (Å²) in [6, 6.07) is 0.542. The zero-order valence-corrected chi connectivity index (χ0v) is 10.3. The summed E-state index contributed by atoms with van der Waals surface area (Å²) in [6.07, 6.45) is 2.17. The minimum Gasteiger partial charge on any atom is -0.396 e. The molecule has 0 bridgehead atoms. The van der Waals surface area contributed by atoms with E-state index >= 15 is 0 Å². The van der Waals surface area contributed by atoms with Gasteiger partial charge in [-0.1, -0.05) is 6.92 Å². The van der Waals surface area contributed by atoms with Gasteiger partial charge in [0.2, 0.25) is 0 Å². The van der Waals surface area contributed by atoms with Crippen molar-refractivity contribution in [3.05, 3.63) is 0 Å². The number of aliphatic hydroxyl groups is 1. The molecule has 0 aromatic carbocycles. The van der Waals surface area contributed by atoms with Crippen LogP contribution in [0.5, 0.6) is 0 Å². The van der Waals surface area contributed by atoms with Crippen molar-refractivity contribution < 1.29 is 9.84 Å². The zero-order chi connectivity index (χ0) is 11.3. The molecule has 3 heteroatoms. The second kappa shape index (κ2) is 5.83. The lowest BCUT2D eigenvalue weighted by atomic mass is 9.82. The van der Waals surface area contributed by atoms with Gasteiger partial charge < -0.3 is 14.7 Å². The minimum atomic E-state index is -0.0153. The topological polar surface area (TPSA) is 32.7 Å². The lowest BCUT2D eigenvalue weighted by molar-refractivity contribution is -0.0584. The third-order valence-electron chi connectivity index (χ3n) is 3.41. The fourth-order valence-corrected chi connectivity index (χ4v) is 2.30. The molecule has 3 nitrogen and oxygen atoms in total. The Morgan fingerprint density at radius 1 is 1.47 bits per heavy atom. The van der Waals surface area contributed by atoms with Gasteiger partial charge in [-0.05, 0) is 33.2 Å². The third-order valence-corrected chi connectivity index (χ3v) is 3.41. The van der Waals surface area contributed by atoms with E-state index in [9.17, 15) is 5.11 Å². The molecule has 15 heavy (non-hydrogen) atoms. The van der Waals surface area contributed by atoms with Crippen LogP contribution >= 0.6 is 0 Å². The Balaban J connectivity index is 2.57. The molecule has 1 N–H and O–H groups in total. The van der Waals surface area contributed by atoms with Gasteiger partial charge in [0.05, 0.1) is 13.2 Å². The highest BCUT2D eigenvalue weighted by Gasteiger charge is 2.34. The molecule has 1 rings (SSSR count). The van der Waals surface area contributed by atoms with Crippen molar-refractivity contribution >= 4 is 0 Å². The van der Waals surface area contributed by atoms with Crippen molar-refractivity contribution in [2.45, 2.75) is 39.7 Å². The molecule has 0 saturated carbocycles. The third kappa shape index (κ3) is 3.44. The van der Waals surface area contributed by atoms with Gasteiger partial charge in [0.15, 0.2) is 0 Å². The van der Waals surface area contributed by atoms with Crippen molar-refractivity contribution in [2.75, 3.05) is 32.9 Å². The molecular weight excluding hydrogens is 190 g/mol. The maximum Gasteiger partial charge on any atom is 0.0556 e. The Bertz CT molecular complexity index is 176. The number of nitrogens with zero attached hydrogens (tertiary/aromatic N) is 1. The van der Waals surface area contributed by atoms with Gasteiger partial charge in [-0.25, -0.2) is 0 Å². The van der Waals surface area contributed by atoms with Crippen LogP contribution < -0.4 is 0 Å². The Labute approximate surface area is 93.4 Å². The Hall–Kier alpha value is -0.120. The van der Waals surface area contributed by atoms with E-state index in [0.717, 1.165) is 32.5 Å². The molecule has 0 radical (unpaired) electrons. The van der Waals surface area contributed by atoms with E-state index < -0.39 is 0 Å². The maximum atomic E-state index is 9.56. The van der Waals surface area contributed by atoms with Crippen LogP contribution in [0, 0.1) is 5.41 Å². The number of ether oxygens (including phenoxy) is 1. The van der Waals surface area contributed by atoms with Crippen molar-refractivity contribution in [3.63, 3.8) is 0 Å². The van der Waals surface area contributed by atoms with Crippen LogP contribution in [0.25, 0.3) is 0 Å². The summed E-state index contributed by atoms with van der Waals surface area (Å²) in [5, 5.41) is 9.56. The van der Waals surface area contributed by atoms with Crippen LogP contribution in [0.1, 0.15) is 33.6 Å². The van der Waals surface area contributed by atoms with Gasteiger partial charge >= 0.3 is 0 Å². The average molecular weight is 215 g/mol. The highest BCUT2D eigenvalue weighted by atomic mass is 16.5. The van der Waals surface area contributed by atoms with Crippen LogP contribution in [0.2, 0.25) is 0 Å². The van der Waals surface area contributed by atoms with E-state index in [-0.39, 0.29) is 12.0 Å². The maximum absolute atomic E-state index is 9.56. The highest BCUT2D eigenvalue weighted by molar-refractivity contribution is 4.85. The van der Waals surface area contributed by atoms with Gasteiger partial charge in [0, 0.05) is 24.6 Å². The normalized spacial score (nSPS) is 27.6. The summed E-state index contributed by atoms with van der Waals surface area (Å²) in [6.45, 7) is 10.4. The second-order valence-electron chi connectivity index (χ2n) is 4.97. The number of aliphatic hydroxyl groups excluding tert-OH is 1. The van der Waals surface area contributed by atoms with E-state index in [1.165, 1.54) is 0 Å². The molecule has 1 heterocycles. The molecule has 1 aliphatic rings. The van der Waals surface area contributed by atoms with Crippen LogP contribution in [0.3, 0.4) is 0 Å². The van der Waals surface area contributed by atoms with Crippen LogP contribution in [-0.2, 0) is 4.74 Å². The SMILES string of the molecule is CCN(CC1(CO)CCCOC1)C(C)C. The molecular formula is C12H25NO2. The molecule has 1 aliphatic heterocycles. The van der Waals surface area contributed by atoms with E-state index in [1.54, 1.807) is 0 Å². The summed E-state index contributed by atoms with van der Waals surface area (Å²) in [7, 11) is 0. The van der Waals surface area contributed by atoms with Gasteiger partial charge in [-0.3, -0.25) is 0 Å². The molecule has 0 aromatic heterocycles. The van der Waals surface area contributed by atoms with E-state index in [2.05, 4.69) is 25.7 Å². The summed E-state index contributed by atoms with van der Waals surface area (Å²) >= 11 is 0. The minimum absolute atomic E-state index is 0.0153. The first-order valence-corrected chi connectivity index (χ1v) is 6.06. The molecule has 0 aliphatic carbocycles. The summed E-state index contributed by atoms with van der Waals surface area (Å²) in [5.74, 6) is 0. The first-order valence-electron chi connectivity index (χ1n) is 6.06. The van der Waals surface area contributed by atoms with E-state index in [0.29, 0.717) is 12.6 Å². The van der Waals surface area contributed by atoms with Gasteiger partial charge in [-0.15, -0.1) is 0 Å². The fourth-order valence-electron chi connectivity index (χ4n) is 2.30. The lowest BCUT2D eigenvalue weighted by Crippen LogP contribution is -2.47. The highest BCUT2D eigenvalue weighted by Crippen LogP contribution is 2.29. The van der Waals surface area contributed by atoms with Gasteiger partial charge in [-0.2, -0.15) is 0 Å². The molecule has 1 saturated heterocycles. The average Bonchev–Trinajstić information content (AvgIpc) is 2.27. The van der Waals surface area contributed by atoms with E-state index in [4.69, 9.17) is 4.74 Å². The first kappa shape index (κ1) is 12.9. The van der Waals surface area contributed by atoms with Crippen LogP contribution in [0.15, 0.2) is 0 Å². The van der Waals surface area contributed by atoms with Crippen molar-refractivity contribution in [1.82, 2.24) is 4.90 Å². The van der Waals surface area contributed by atoms with Gasteiger partial charge in [0.1, 0.15) is 0 Å². The predicted molar refractivity (Wildman–Crippen MR) is 62.0 cm³/mol. The zero-order valence-electron chi connectivity index (χ0n) is 10.3. The van der Waals surface area contributed by atoms with Gasteiger partial charge in [0.25, 0.3) is 0 Å².